The van der Waals surface area contributed by atoms with E-state index in [1.807, 2.05) is 18.2 Å². The summed E-state index contributed by atoms with van der Waals surface area (Å²) in [6.07, 6.45) is 5.59. The Bertz CT molecular complexity index is 742. The van der Waals surface area contributed by atoms with Crippen molar-refractivity contribution < 1.29 is 27.8 Å². The summed E-state index contributed by atoms with van der Waals surface area (Å²) in [6, 6.07) is 6.10. The van der Waals surface area contributed by atoms with Crippen molar-refractivity contribution in [1.29, 1.82) is 0 Å². The molecule has 1 saturated carbocycles. The highest BCUT2D eigenvalue weighted by molar-refractivity contribution is 7.92. The number of hydrogen-bond acceptors (Lipinski definition) is 6. The van der Waals surface area contributed by atoms with Crippen molar-refractivity contribution in [3.63, 3.8) is 0 Å². The summed E-state index contributed by atoms with van der Waals surface area (Å²) in [5.74, 6) is -0.813. The van der Waals surface area contributed by atoms with Gasteiger partial charge in [-0.1, -0.05) is 25.3 Å². The molecule has 1 aliphatic heterocycles. The lowest BCUT2D eigenvalue weighted by atomic mass is 9.94. The molecular weight excluding hydrogens is 358 g/mol. The number of fused-ring (bicyclic) bond motifs is 1. The van der Waals surface area contributed by atoms with Gasteiger partial charge in [0.05, 0.1) is 5.75 Å². The Morgan fingerprint density at radius 2 is 1.88 bits per heavy atom. The molecule has 1 N–H and O–H groups in total. The summed E-state index contributed by atoms with van der Waals surface area (Å²) in [6.45, 7) is 1.18. The van der Waals surface area contributed by atoms with Crippen molar-refractivity contribution in [2.45, 2.75) is 44.7 Å². The zero-order chi connectivity index (χ0) is 18.6. The molecule has 8 heteroatoms. The predicted octanol–water partition coefficient (Wildman–Crippen LogP) is 2.05. The molecule has 26 heavy (non-hydrogen) atoms. The Hall–Kier alpha value is -1.80. The second kappa shape index (κ2) is 8.26. The van der Waals surface area contributed by atoms with Gasteiger partial charge in [-0.25, -0.2) is 8.42 Å². The Morgan fingerprint density at radius 3 is 2.62 bits per heavy atom. The fourth-order valence-corrected chi connectivity index (χ4v) is 4.66. The quantitative estimate of drug-likeness (QED) is 0.734. The van der Waals surface area contributed by atoms with Gasteiger partial charge in [0.2, 0.25) is 6.79 Å². The molecule has 0 amide bonds. The molecule has 0 atom stereocenters. The normalized spacial score (nSPS) is 17.6. The minimum atomic E-state index is -3.60. The van der Waals surface area contributed by atoms with Crippen LogP contribution >= 0.6 is 0 Å². The Morgan fingerprint density at radius 1 is 1.15 bits per heavy atom. The lowest BCUT2D eigenvalue weighted by molar-refractivity contribution is -0.134. The molecule has 0 radical (unpaired) electrons. The number of nitrogens with zero attached hydrogens (tertiary/aromatic N) is 1. The summed E-state index contributed by atoms with van der Waals surface area (Å²) < 4.78 is 34.7. The fraction of sp³-hybridized carbons (Fsp3) is 0.611. The molecule has 1 heterocycles. The standard InChI is InChI=1S/C18H25NO6S/c20-18(21)12-26(22,23)9-8-19(15-4-2-1-3-5-15)11-14-6-7-16-17(10-14)25-13-24-16/h6-7,10,15H,1-5,8-9,11-13H2,(H,20,21). The van der Waals surface area contributed by atoms with E-state index in [-0.39, 0.29) is 12.5 Å². The van der Waals surface area contributed by atoms with Gasteiger partial charge in [0, 0.05) is 19.1 Å². The van der Waals surface area contributed by atoms with Gasteiger partial charge < -0.3 is 14.6 Å². The van der Waals surface area contributed by atoms with Crippen LogP contribution in [0.5, 0.6) is 11.5 Å². The Balaban J connectivity index is 1.69. The molecule has 7 nitrogen and oxygen atoms in total. The van der Waals surface area contributed by atoms with Crippen LogP contribution in [0.2, 0.25) is 0 Å². The maximum atomic E-state index is 12.0. The van der Waals surface area contributed by atoms with E-state index >= 15 is 0 Å². The van der Waals surface area contributed by atoms with Crippen molar-refractivity contribution in [3.05, 3.63) is 23.8 Å². The molecule has 0 spiro atoms. The third-order valence-electron chi connectivity index (χ3n) is 4.95. The van der Waals surface area contributed by atoms with Gasteiger partial charge in [0.25, 0.3) is 0 Å². The molecule has 0 saturated heterocycles. The van der Waals surface area contributed by atoms with Crippen LogP contribution < -0.4 is 9.47 Å². The van der Waals surface area contributed by atoms with E-state index < -0.39 is 21.6 Å². The molecule has 1 aromatic carbocycles. The van der Waals surface area contributed by atoms with E-state index in [2.05, 4.69) is 4.90 Å². The van der Waals surface area contributed by atoms with E-state index in [0.29, 0.717) is 24.9 Å². The largest absolute Gasteiger partial charge is 0.480 e. The van der Waals surface area contributed by atoms with Crippen molar-refractivity contribution in [2.75, 3.05) is 24.8 Å². The first-order chi connectivity index (χ1) is 12.4. The number of sulfone groups is 1. The molecule has 0 unspecified atom stereocenters. The van der Waals surface area contributed by atoms with Gasteiger partial charge in [-0.05, 0) is 30.5 Å². The number of ether oxygens (including phenoxy) is 2. The molecule has 144 valence electrons. The molecule has 1 aromatic rings. The summed E-state index contributed by atoms with van der Waals surface area (Å²) in [7, 11) is -3.60. The number of benzene rings is 1. The maximum Gasteiger partial charge on any atom is 0.318 e. The number of carboxylic acids is 1. The van der Waals surface area contributed by atoms with Crippen molar-refractivity contribution >= 4 is 15.8 Å². The molecule has 2 aliphatic rings. The average Bonchev–Trinajstić information content (AvgIpc) is 3.06. The van der Waals surface area contributed by atoms with Crippen LogP contribution in [-0.2, 0) is 21.2 Å². The first-order valence-electron chi connectivity index (χ1n) is 8.98. The minimum absolute atomic E-state index is 0.139. The van der Waals surface area contributed by atoms with Crippen LogP contribution in [0.1, 0.15) is 37.7 Å². The number of hydrogen-bond donors (Lipinski definition) is 1. The van der Waals surface area contributed by atoms with Gasteiger partial charge in [0.1, 0.15) is 5.75 Å². The number of carbonyl (C=O) groups is 1. The van der Waals surface area contributed by atoms with Crippen LogP contribution in [0, 0.1) is 0 Å². The summed E-state index contributed by atoms with van der Waals surface area (Å²) in [4.78, 5) is 12.9. The zero-order valence-corrected chi connectivity index (χ0v) is 15.5. The first kappa shape index (κ1) is 19.0. The van der Waals surface area contributed by atoms with Crippen LogP contribution in [0.25, 0.3) is 0 Å². The van der Waals surface area contributed by atoms with Crippen molar-refractivity contribution in [2.24, 2.45) is 0 Å². The van der Waals surface area contributed by atoms with Crippen LogP contribution in [0.4, 0.5) is 0 Å². The predicted molar refractivity (Wildman–Crippen MR) is 96.1 cm³/mol. The maximum absolute atomic E-state index is 12.0. The number of rotatable bonds is 8. The van der Waals surface area contributed by atoms with E-state index in [0.717, 1.165) is 37.0 Å². The van der Waals surface area contributed by atoms with E-state index in [9.17, 15) is 13.2 Å². The van der Waals surface area contributed by atoms with Gasteiger partial charge in [0.15, 0.2) is 21.3 Å². The van der Waals surface area contributed by atoms with E-state index in [4.69, 9.17) is 14.6 Å². The average molecular weight is 383 g/mol. The molecular formula is C18H25NO6S. The van der Waals surface area contributed by atoms with E-state index in [1.54, 1.807) is 0 Å². The van der Waals surface area contributed by atoms with Gasteiger partial charge in [-0.15, -0.1) is 0 Å². The number of aliphatic carboxylic acids is 1. The third-order valence-corrected chi connectivity index (χ3v) is 6.44. The highest BCUT2D eigenvalue weighted by Gasteiger charge is 2.25. The zero-order valence-electron chi connectivity index (χ0n) is 14.7. The number of carboxylic acid groups (broad SMARTS) is 1. The molecule has 1 aliphatic carbocycles. The molecule has 0 aromatic heterocycles. The summed E-state index contributed by atoms with van der Waals surface area (Å²) >= 11 is 0. The molecule has 0 bridgehead atoms. The summed E-state index contributed by atoms with van der Waals surface area (Å²) in [5.41, 5.74) is 1.04. The lowest BCUT2D eigenvalue weighted by Gasteiger charge is -2.34. The lowest BCUT2D eigenvalue weighted by Crippen LogP contribution is -2.40. The van der Waals surface area contributed by atoms with Crippen molar-refractivity contribution in [1.82, 2.24) is 4.90 Å². The SMILES string of the molecule is O=C(O)CS(=O)(=O)CCN(Cc1ccc2c(c1)OCO2)C1CCCCC1. The second-order valence-corrected chi connectivity index (χ2v) is 9.12. The topological polar surface area (TPSA) is 93.1 Å². The van der Waals surface area contributed by atoms with Crippen LogP contribution in [0.3, 0.4) is 0 Å². The Labute approximate surface area is 153 Å². The third kappa shape index (κ3) is 5.11. The molecule has 1 fully saturated rings. The van der Waals surface area contributed by atoms with Gasteiger partial charge >= 0.3 is 5.97 Å². The Kier molecular flexibility index (Phi) is 6.03. The fourth-order valence-electron chi connectivity index (χ4n) is 3.63. The van der Waals surface area contributed by atoms with Crippen molar-refractivity contribution in [3.8, 4) is 11.5 Å². The van der Waals surface area contributed by atoms with Gasteiger partial charge in [-0.3, -0.25) is 9.69 Å². The smallest absolute Gasteiger partial charge is 0.318 e. The summed E-state index contributed by atoms with van der Waals surface area (Å²) in [5, 5.41) is 8.77. The van der Waals surface area contributed by atoms with Crippen LogP contribution in [-0.4, -0.2) is 55.3 Å². The molecule has 3 rings (SSSR count). The second-order valence-electron chi connectivity index (χ2n) is 6.94. The minimum Gasteiger partial charge on any atom is -0.480 e. The first-order valence-corrected chi connectivity index (χ1v) is 10.8. The van der Waals surface area contributed by atoms with Gasteiger partial charge in [-0.2, -0.15) is 0 Å². The monoisotopic (exact) mass is 383 g/mol. The van der Waals surface area contributed by atoms with E-state index in [1.165, 1.54) is 6.42 Å². The highest BCUT2D eigenvalue weighted by atomic mass is 32.2. The highest BCUT2D eigenvalue weighted by Crippen LogP contribution is 2.33. The van der Waals surface area contributed by atoms with Crippen LogP contribution in [0.15, 0.2) is 18.2 Å².